The van der Waals surface area contributed by atoms with E-state index in [0.29, 0.717) is 0 Å². The van der Waals surface area contributed by atoms with Crippen molar-refractivity contribution in [2.24, 2.45) is 5.73 Å². The van der Waals surface area contributed by atoms with Crippen molar-refractivity contribution in [2.75, 3.05) is 0 Å². The summed E-state index contributed by atoms with van der Waals surface area (Å²) >= 11 is 0. The second-order valence-corrected chi connectivity index (χ2v) is 3.15. The van der Waals surface area contributed by atoms with Crippen LogP contribution >= 0.6 is 12.4 Å². The van der Waals surface area contributed by atoms with E-state index in [1.54, 1.807) is 0 Å². The van der Waals surface area contributed by atoms with E-state index < -0.39 is 35.5 Å². The van der Waals surface area contributed by atoms with Crippen LogP contribution in [0, 0.1) is 11.6 Å². The van der Waals surface area contributed by atoms with Gasteiger partial charge in [0.05, 0.1) is 6.04 Å². The highest BCUT2D eigenvalue weighted by atomic mass is 35.5. The van der Waals surface area contributed by atoms with Crippen LogP contribution in [0.2, 0.25) is 0 Å². The van der Waals surface area contributed by atoms with Gasteiger partial charge in [0.1, 0.15) is 11.6 Å². The molecule has 0 heterocycles. The molecule has 98 valence electrons. The maximum atomic E-state index is 13.1. The first kappa shape index (κ1) is 16.1. The van der Waals surface area contributed by atoms with E-state index in [-0.39, 0.29) is 12.4 Å². The Labute approximate surface area is 99.6 Å². The summed E-state index contributed by atoms with van der Waals surface area (Å²) in [5.41, 5.74) is 4.00. The van der Waals surface area contributed by atoms with Gasteiger partial charge in [0, 0.05) is 5.56 Å². The van der Waals surface area contributed by atoms with Crippen molar-refractivity contribution >= 4 is 12.4 Å². The predicted molar refractivity (Wildman–Crippen MR) is 52.6 cm³/mol. The van der Waals surface area contributed by atoms with Crippen LogP contribution in [0.5, 0.6) is 0 Å². The molecule has 1 aromatic carbocycles. The second kappa shape index (κ2) is 5.61. The maximum Gasteiger partial charge on any atom is 0.416 e. The smallest absolute Gasteiger partial charge is 0.382 e. The molecule has 0 saturated heterocycles. The summed E-state index contributed by atoms with van der Waals surface area (Å²) in [7, 11) is 0. The van der Waals surface area contributed by atoms with Gasteiger partial charge in [-0.25, -0.2) is 8.78 Å². The van der Waals surface area contributed by atoms with Gasteiger partial charge in [-0.1, -0.05) is 6.07 Å². The van der Waals surface area contributed by atoms with E-state index in [9.17, 15) is 22.0 Å². The summed E-state index contributed by atoms with van der Waals surface area (Å²) in [6, 6.07) is 0.324. The van der Waals surface area contributed by atoms with Gasteiger partial charge in [0.2, 0.25) is 0 Å². The Kier molecular flexibility index (Phi) is 5.31. The molecule has 0 saturated carbocycles. The first-order chi connectivity index (χ1) is 7.25. The third-order valence-electron chi connectivity index (χ3n) is 2.01. The minimum Gasteiger partial charge on any atom is -0.382 e. The van der Waals surface area contributed by atoms with Crippen LogP contribution in [0.3, 0.4) is 0 Å². The van der Waals surface area contributed by atoms with Gasteiger partial charge in [-0.2, -0.15) is 13.2 Å². The van der Waals surface area contributed by atoms with Gasteiger partial charge < -0.3 is 10.8 Å². The fourth-order valence-electron chi connectivity index (χ4n) is 1.19. The van der Waals surface area contributed by atoms with Crippen LogP contribution in [0.25, 0.3) is 0 Å². The molecule has 8 heteroatoms. The Bertz CT molecular complexity index is 364. The molecule has 1 aromatic rings. The van der Waals surface area contributed by atoms with Gasteiger partial charge in [-0.05, 0) is 12.1 Å². The van der Waals surface area contributed by atoms with E-state index in [4.69, 9.17) is 10.8 Å². The molecule has 0 spiro atoms. The summed E-state index contributed by atoms with van der Waals surface area (Å²) in [5.74, 6) is -2.45. The number of aliphatic hydroxyl groups is 1. The lowest BCUT2D eigenvalue weighted by molar-refractivity contribution is -0.210. The van der Waals surface area contributed by atoms with Crippen LogP contribution in [-0.2, 0) is 0 Å². The molecule has 0 aromatic heterocycles. The molecule has 2 atom stereocenters. The predicted octanol–water partition coefficient (Wildman–Crippen LogP) is 2.31. The summed E-state index contributed by atoms with van der Waals surface area (Å²) in [5, 5.41) is 8.77. The maximum absolute atomic E-state index is 13.1. The number of rotatable bonds is 2. The largest absolute Gasteiger partial charge is 0.416 e. The second-order valence-electron chi connectivity index (χ2n) is 3.15. The summed E-state index contributed by atoms with van der Waals surface area (Å²) in [6.45, 7) is 0. The molecule has 0 aliphatic heterocycles. The van der Waals surface area contributed by atoms with Gasteiger partial charge >= 0.3 is 6.18 Å². The van der Waals surface area contributed by atoms with Crippen LogP contribution < -0.4 is 5.73 Å². The van der Waals surface area contributed by atoms with Crippen molar-refractivity contribution in [3.05, 3.63) is 35.4 Å². The minimum absolute atomic E-state index is 0. The average molecular weight is 278 g/mol. The third-order valence-corrected chi connectivity index (χ3v) is 2.01. The molecule has 0 aliphatic rings. The van der Waals surface area contributed by atoms with Gasteiger partial charge in [-0.15, -0.1) is 12.4 Å². The van der Waals surface area contributed by atoms with E-state index in [0.717, 1.165) is 18.2 Å². The number of aliphatic hydroxyl groups excluding tert-OH is 1. The topological polar surface area (TPSA) is 46.2 Å². The quantitative estimate of drug-likeness (QED) is 0.815. The van der Waals surface area contributed by atoms with E-state index >= 15 is 0 Å². The molecule has 2 nitrogen and oxygen atoms in total. The molecule has 3 N–H and O–H groups in total. The fraction of sp³-hybridized carbons (Fsp3) is 0.333. The Morgan fingerprint density at radius 3 is 1.88 bits per heavy atom. The Morgan fingerprint density at radius 1 is 1.12 bits per heavy atom. The number of hydrogen-bond donors (Lipinski definition) is 2. The van der Waals surface area contributed by atoms with Crippen molar-refractivity contribution in [1.82, 2.24) is 0 Å². The minimum atomic E-state index is -5.03. The number of alkyl halides is 3. The molecule has 0 unspecified atom stereocenters. The molecule has 0 radical (unpaired) electrons. The highest BCUT2D eigenvalue weighted by molar-refractivity contribution is 5.85. The highest BCUT2D eigenvalue weighted by Crippen LogP contribution is 2.30. The normalized spacial score (nSPS) is 15.0. The molecule has 1 rings (SSSR count). The summed E-state index contributed by atoms with van der Waals surface area (Å²) in [4.78, 5) is 0. The number of benzene rings is 1. The van der Waals surface area contributed by atoms with E-state index in [2.05, 4.69) is 0 Å². The SMILES string of the molecule is Cl.N[C@@H](c1c(F)cccc1F)[C@H](O)C(F)(F)F. The van der Waals surface area contributed by atoms with Crippen molar-refractivity contribution in [2.45, 2.75) is 18.3 Å². The zero-order valence-corrected chi connectivity index (χ0v) is 9.03. The Balaban J connectivity index is 0.00000256. The van der Waals surface area contributed by atoms with E-state index in [1.165, 1.54) is 0 Å². The van der Waals surface area contributed by atoms with Crippen molar-refractivity contribution in [1.29, 1.82) is 0 Å². The van der Waals surface area contributed by atoms with E-state index in [1.807, 2.05) is 0 Å². The molecular formula is C9H9ClF5NO. The molecule has 0 aliphatic carbocycles. The highest BCUT2D eigenvalue weighted by Gasteiger charge is 2.44. The molecule has 0 fully saturated rings. The zero-order chi connectivity index (χ0) is 12.5. The van der Waals surface area contributed by atoms with Gasteiger partial charge in [0.25, 0.3) is 0 Å². The molecule has 0 amide bonds. The lowest BCUT2D eigenvalue weighted by Crippen LogP contribution is -2.39. The fourth-order valence-corrected chi connectivity index (χ4v) is 1.19. The van der Waals surface area contributed by atoms with Crippen LogP contribution in [0.15, 0.2) is 18.2 Å². The van der Waals surface area contributed by atoms with Crippen molar-refractivity contribution in [3.8, 4) is 0 Å². The lowest BCUT2D eigenvalue weighted by atomic mass is 10.0. The first-order valence-corrected chi connectivity index (χ1v) is 4.19. The van der Waals surface area contributed by atoms with Gasteiger partial charge in [0.15, 0.2) is 6.10 Å². The summed E-state index contributed by atoms with van der Waals surface area (Å²) < 4.78 is 62.3. The zero-order valence-electron chi connectivity index (χ0n) is 8.21. The monoisotopic (exact) mass is 277 g/mol. The standard InChI is InChI=1S/C9H8F5NO.ClH/c10-4-2-1-3-5(11)6(4)7(15)8(16)9(12,13)14;/h1-3,7-8,16H,15H2;1H/t7-,8-;/m0./s1. The molecule has 0 bridgehead atoms. The van der Waals surface area contributed by atoms with Crippen molar-refractivity contribution in [3.63, 3.8) is 0 Å². The Morgan fingerprint density at radius 2 is 1.53 bits per heavy atom. The lowest BCUT2D eigenvalue weighted by Gasteiger charge is -2.22. The molecule has 17 heavy (non-hydrogen) atoms. The van der Waals surface area contributed by atoms with Gasteiger partial charge in [-0.3, -0.25) is 0 Å². The average Bonchev–Trinajstić information content (AvgIpc) is 2.14. The molecular weight excluding hydrogens is 269 g/mol. The third kappa shape index (κ3) is 3.52. The van der Waals surface area contributed by atoms with Crippen molar-refractivity contribution < 1.29 is 27.1 Å². The number of nitrogens with two attached hydrogens (primary N) is 1. The van der Waals surface area contributed by atoms with Crippen LogP contribution in [0.1, 0.15) is 11.6 Å². The first-order valence-electron chi connectivity index (χ1n) is 4.19. The number of halogens is 6. The van der Waals surface area contributed by atoms with Crippen LogP contribution in [-0.4, -0.2) is 17.4 Å². The van der Waals surface area contributed by atoms with Crippen LogP contribution in [0.4, 0.5) is 22.0 Å². The summed E-state index contributed by atoms with van der Waals surface area (Å²) in [6.07, 6.45) is -8.05. The number of hydrogen-bond acceptors (Lipinski definition) is 2. The Hall–Kier alpha value is -0.920.